The Balaban J connectivity index is 1.22. The third-order valence-electron chi connectivity index (χ3n) is 6.06. The number of aromatic nitrogens is 3. The largest absolute Gasteiger partial charge is 0.546 e. The van der Waals surface area contributed by atoms with Gasteiger partial charge in [-0.25, -0.2) is 9.97 Å². The van der Waals surface area contributed by atoms with Gasteiger partial charge in [-0.1, -0.05) is 42.5 Å². The highest BCUT2D eigenvalue weighted by atomic mass is 32.2. The quantitative estimate of drug-likeness (QED) is 0.285. The second-order valence-electron chi connectivity index (χ2n) is 8.27. The third kappa shape index (κ3) is 3.52. The maximum absolute atomic E-state index is 6.28. The van der Waals surface area contributed by atoms with Crippen LogP contribution >= 0.6 is 11.6 Å². The van der Waals surface area contributed by atoms with E-state index in [1.807, 2.05) is 72.9 Å². The predicted octanol–water partition coefficient (Wildman–Crippen LogP) is 6.25. The fourth-order valence-electron chi connectivity index (χ4n) is 4.51. The molecule has 0 unspecified atom stereocenters. The van der Waals surface area contributed by atoms with Crippen LogP contribution in [0.25, 0.3) is 27.8 Å². The SMILES string of the molecule is c1cc(Oc2ccnc(-n3c4ccccc4c4cccnc43)c2)cc(B2Oc3ccccc3S2)c1. The third-order valence-corrected chi connectivity index (χ3v) is 7.24. The van der Waals surface area contributed by atoms with E-state index >= 15 is 0 Å². The molecule has 0 saturated heterocycles. The molecule has 5 nitrogen and oxygen atoms in total. The van der Waals surface area contributed by atoms with Gasteiger partial charge in [0.2, 0.25) is 0 Å². The summed E-state index contributed by atoms with van der Waals surface area (Å²) in [7, 11) is 0. The molecule has 0 N–H and O–H groups in total. The Hall–Kier alpha value is -4.23. The van der Waals surface area contributed by atoms with Crippen LogP contribution in [-0.4, -0.2) is 20.7 Å². The maximum atomic E-state index is 6.28. The van der Waals surface area contributed by atoms with Gasteiger partial charge in [0.1, 0.15) is 28.7 Å². The summed E-state index contributed by atoms with van der Waals surface area (Å²) in [5, 5.41) is 2.24. The number of ether oxygens (including phenoxy) is 1. The summed E-state index contributed by atoms with van der Waals surface area (Å²) in [6.45, 7) is 0. The van der Waals surface area contributed by atoms with E-state index in [4.69, 9.17) is 9.39 Å². The smallest absolute Gasteiger partial charge is 0.467 e. The lowest BCUT2D eigenvalue weighted by Crippen LogP contribution is -2.30. The fourth-order valence-corrected chi connectivity index (χ4v) is 5.56. The second kappa shape index (κ2) is 8.22. The van der Waals surface area contributed by atoms with Crippen molar-refractivity contribution in [3.05, 3.63) is 109 Å². The Morgan fingerprint density at radius 2 is 1.60 bits per heavy atom. The maximum Gasteiger partial charge on any atom is 0.467 e. The lowest BCUT2D eigenvalue weighted by molar-refractivity contribution is 0.482. The summed E-state index contributed by atoms with van der Waals surface area (Å²) in [6, 6.07) is 32.3. The molecule has 0 atom stereocenters. The lowest BCUT2D eigenvalue weighted by Gasteiger charge is -2.11. The molecule has 0 spiro atoms. The zero-order valence-electron chi connectivity index (χ0n) is 18.5. The molecule has 0 fully saturated rings. The molecule has 35 heavy (non-hydrogen) atoms. The molecule has 1 aliphatic rings. The molecule has 0 bridgehead atoms. The van der Waals surface area contributed by atoms with E-state index in [1.165, 1.54) is 0 Å². The summed E-state index contributed by atoms with van der Waals surface area (Å²) in [5.74, 6) is 3.14. The zero-order chi connectivity index (χ0) is 23.2. The van der Waals surface area contributed by atoms with Gasteiger partial charge in [0, 0.05) is 34.1 Å². The molecule has 6 aromatic rings. The van der Waals surface area contributed by atoms with Crippen LogP contribution in [0.15, 0.2) is 114 Å². The van der Waals surface area contributed by atoms with E-state index < -0.39 is 0 Å². The summed E-state index contributed by atoms with van der Waals surface area (Å²) in [4.78, 5) is 10.4. The normalized spacial score (nSPS) is 12.6. The highest BCUT2D eigenvalue weighted by Crippen LogP contribution is 2.38. The molecule has 3 aromatic heterocycles. The number of benzene rings is 3. The Bertz CT molecular complexity index is 1640. The predicted molar refractivity (Wildman–Crippen MR) is 141 cm³/mol. The highest BCUT2D eigenvalue weighted by molar-refractivity contribution is 8.26. The van der Waals surface area contributed by atoms with Gasteiger partial charge in [0.15, 0.2) is 0 Å². The number of rotatable bonds is 4. The minimum atomic E-state index is -0.0902. The van der Waals surface area contributed by atoms with Crippen molar-refractivity contribution in [3.63, 3.8) is 0 Å². The molecule has 3 aromatic carbocycles. The number of hydrogen-bond acceptors (Lipinski definition) is 5. The van der Waals surface area contributed by atoms with Gasteiger partial charge in [-0.15, -0.1) is 11.6 Å². The number of para-hydroxylation sites is 2. The molecule has 7 heteroatoms. The van der Waals surface area contributed by atoms with Crippen molar-refractivity contribution in [3.8, 4) is 23.1 Å². The van der Waals surface area contributed by atoms with Crippen LogP contribution in [0.3, 0.4) is 0 Å². The first-order chi connectivity index (χ1) is 17.3. The van der Waals surface area contributed by atoms with Crippen molar-refractivity contribution in [1.82, 2.24) is 14.5 Å². The van der Waals surface area contributed by atoms with E-state index in [0.29, 0.717) is 5.75 Å². The van der Waals surface area contributed by atoms with E-state index in [2.05, 4.69) is 44.9 Å². The number of nitrogens with zero attached hydrogens (tertiary/aromatic N) is 3. The molecule has 4 heterocycles. The van der Waals surface area contributed by atoms with Gasteiger partial charge in [-0.3, -0.25) is 4.57 Å². The van der Waals surface area contributed by atoms with Crippen LogP contribution < -0.4 is 14.9 Å². The van der Waals surface area contributed by atoms with Crippen molar-refractivity contribution >= 4 is 45.2 Å². The van der Waals surface area contributed by atoms with E-state index in [-0.39, 0.29) is 6.19 Å². The molecule has 0 saturated carbocycles. The summed E-state index contributed by atoms with van der Waals surface area (Å²) in [5.41, 5.74) is 2.99. The number of pyridine rings is 2. The van der Waals surface area contributed by atoms with Gasteiger partial charge in [0.05, 0.1) is 5.52 Å². The standard InChI is InChI=1S/C28H18BN3O2S/c1-2-11-24-22(9-1)23-10-6-15-31-28(23)32(24)27-18-21(14-16-30-27)33-20-8-5-7-19(17-20)29-34-25-12-3-4-13-26(25)35-29/h1-18H. The first-order valence-electron chi connectivity index (χ1n) is 11.3. The van der Waals surface area contributed by atoms with Crippen molar-refractivity contribution < 1.29 is 9.39 Å². The summed E-state index contributed by atoms with van der Waals surface area (Å²) in [6.07, 6.45) is 3.49. The minimum absolute atomic E-state index is 0.0902. The average Bonchev–Trinajstić information content (AvgIpc) is 3.49. The van der Waals surface area contributed by atoms with Crippen molar-refractivity contribution in [2.24, 2.45) is 0 Å². The lowest BCUT2D eigenvalue weighted by atomic mass is 9.86. The molecule has 7 rings (SSSR count). The van der Waals surface area contributed by atoms with Crippen LogP contribution in [0.2, 0.25) is 0 Å². The van der Waals surface area contributed by atoms with Crippen LogP contribution in [0.4, 0.5) is 0 Å². The second-order valence-corrected chi connectivity index (χ2v) is 9.37. The first-order valence-corrected chi connectivity index (χ1v) is 12.2. The molecule has 0 amide bonds. The molecule has 0 radical (unpaired) electrons. The summed E-state index contributed by atoms with van der Waals surface area (Å²) >= 11 is 1.71. The van der Waals surface area contributed by atoms with Gasteiger partial charge in [-0.05, 0) is 54.0 Å². The first kappa shape index (κ1) is 20.2. The van der Waals surface area contributed by atoms with Gasteiger partial charge >= 0.3 is 6.19 Å². The molecule has 1 aliphatic heterocycles. The average molecular weight is 471 g/mol. The number of hydrogen-bond donors (Lipinski definition) is 0. The topological polar surface area (TPSA) is 49.2 Å². The van der Waals surface area contributed by atoms with Crippen LogP contribution in [-0.2, 0) is 0 Å². The van der Waals surface area contributed by atoms with Gasteiger partial charge in [-0.2, -0.15) is 0 Å². The van der Waals surface area contributed by atoms with Gasteiger partial charge < -0.3 is 9.39 Å². The molecule has 0 aliphatic carbocycles. The van der Waals surface area contributed by atoms with Crippen molar-refractivity contribution in [1.29, 1.82) is 0 Å². The summed E-state index contributed by atoms with van der Waals surface area (Å²) < 4.78 is 14.5. The fraction of sp³-hybridized carbons (Fsp3) is 0. The van der Waals surface area contributed by atoms with Gasteiger partial charge in [0.25, 0.3) is 0 Å². The Morgan fingerprint density at radius 3 is 2.57 bits per heavy atom. The number of fused-ring (bicyclic) bond motifs is 4. The van der Waals surface area contributed by atoms with Crippen molar-refractivity contribution in [2.75, 3.05) is 0 Å². The van der Waals surface area contributed by atoms with Crippen LogP contribution in [0.5, 0.6) is 17.2 Å². The Labute approximate surface area is 206 Å². The highest BCUT2D eigenvalue weighted by Gasteiger charge is 2.31. The van der Waals surface area contributed by atoms with Crippen LogP contribution in [0, 0.1) is 0 Å². The van der Waals surface area contributed by atoms with E-state index in [9.17, 15) is 0 Å². The molecular weight excluding hydrogens is 453 g/mol. The Morgan fingerprint density at radius 1 is 0.743 bits per heavy atom. The zero-order valence-corrected chi connectivity index (χ0v) is 19.4. The molecular formula is C28H18BN3O2S. The van der Waals surface area contributed by atoms with Crippen LogP contribution in [0.1, 0.15) is 0 Å². The van der Waals surface area contributed by atoms with E-state index in [1.54, 1.807) is 17.8 Å². The monoisotopic (exact) mass is 471 g/mol. The van der Waals surface area contributed by atoms with Crippen molar-refractivity contribution in [2.45, 2.75) is 4.90 Å². The Kier molecular flexibility index (Phi) is 4.74. The molecule has 166 valence electrons. The minimum Gasteiger partial charge on any atom is -0.546 e. The van der Waals surface area contributed by atoms with E-state index in [0.717, 1.165) is 49.6 Å².